The number of hydrogen-bond acceptors (Lipinski definition) is 7. The summed E-state index contributed by atoms with van der Waals surface area (Å²) in [5.74, 6) is 0.652. The van der Waals surface area contributed by atoms with Crippen LogP contribution in [0.5, 0.6) is 0 Å². The molecule has 24 heavy (non-hydrogen) atoms. The lowest BCUT2D eigenvalue weighted by Gasteiger charge is -2.09. The van der Waals surface area contributed by atoms with Crippen LogP contribution in [0.15, 0.2) is 24.7 Å². The van der Waals surface area contributed by atoms with Gasteiger partial charge in [0, 0.05) is 49.8 Å². The lowest BCUT2D eigenvalue weighted by Crippen LogP contribution is -2.27. The third-order valence-electron chi connectivity index (χ3n) is 3.50. The first-order valence-electron chi connectivity index (χ1n) is 7.00. The van der Waals surface area contributed by atoms with Crippen molar-refractivity contribution in [2.75, 3.05) is 18.1 Å². The maximum atomic E-state index is 11.7. The lowest BCUT2D eigenvalue weighted by molar-refractivity contribution is -0.123. The topological polar surface area (TPSA) is 116 Å². The van der Waals surface area contributed by atoms with Gasteiger partial charge in [0.25, 0.3) is 0 Å². The largest absolute Gasteiger partial charge is 0.383 e. The summed E-state index contributed by atoms with van der Waals surface area (Å²) in [4.78, 5) is 20.4. The fourth-order valence-electron chi connectivity index (χ4n) is 2.20. The molecule has 1 unspecified atom stereocenters. The number of anilines is 3. The molecule has 0 bridgehead atoms. The van der Waals surface area contributed by atoms with Gasteiger partial charge in [-0.05, 0) is 13.0 Å². The molecule has 0 aliphatic carbocycles. The van der Waals surface area contributed by atoms with Crippen molar-refractivity contribution < 1.29 is 4.79 Å². The quantitative estimate of drug-likeness (QED) is 0.502. The first kappa shape index (κ1) is 16.8. The minimum atomic E-state index is -0.410. The molecule has 0 saturated carbocycles. The maximum Gasteiger partial charge on any atom is 0.244 e. The van der Waals surface area contributed by atoms with E-state index in [1.807, 2.05) is 16.2 Å². The minimum absolute atomic E-state index is 0.122. The zero-order chi connectivity index (χ0) is 17.3. The van der Waals surface area contributed by atoms with Gasteiger partial charge in [0.2, 0.25) is 11.9 Å². The Morgan fingerprint density at radius 1 is 1.46 bits per heavy atom. The molecule has 3 aromatic heterocycles. The Kier molecular flexibility index (Phi) is 4.80. The van der Waals surface area contributed by atoms with E-state index in [1.54, 1.807) is 31.0 Å². The van der Waals surface area contributed by atoms with Crippen molar-refractivity contribution in [1.29, 1.82) is 0 Å². The molecule has 3 heterocycles. The average molecular weight is 458 g/mol. The number of likely N-dealkylation sites (N-methyl/N-ethyl adjacent to an activating group) is 1. The van der Waals surface area contributed by atoms with Gasteiger partial charge in [-0.3, -0.25) is 13.4 Å². The number of amides is 1. The molecule has 0 aliphatic heterocycles. The molecule has 1 atom stereocenters. The van der Waals surface area contributed by atoms with Gasteiger partial charge >= 0.3 is 0 Å². The molecule has 11 heteroatoms. The van der Waals surface area contributed by atoms with Crippen LogP contribution in [0, 0.1) is 0 Å². The van der Waals surface area contributed by atoms with Gasteiger partial charge in [0.15, 0.2) is 5.65 Å². The molecule has 0 radical (unpaired) electrons. The van der Waals surface area contributed by atoms with E-state index in [2.05, 4.69) is 46.9 Å². The third-order valence-corrected chi connectivity index (χ3v) is 5.21. The SMILES string of the molecule is CNC(=O)C(C)n1cc(Nc2nc(N)c3ccn(SI)c3n2)cn1. The van der Waals surface area contributed by atoms with Crippen LogP contribution in [0.4, 0.5) is 17.5 Å². The number of carbonyl (C=O) groups excluding carboxylic acids is 1. The summed E-state index contributed by atoms with van der Waals surface area (Å²) in [7, 11) is 3.09. The van der Waals surface area contributed by atoms with Gasteiger partial charge in [-0.1, -0.05) is 0 Å². The van der Waals surface area contributed by atoms with Crippen molar-refractivity contribution in [2.24, 2.45) is 0 Å². The first-order valence-corrected chi connectivity index (χ1v) is 10.3. The lowest BCUT2D eigenvalue weighted by atomic mass is 10.3. The molecule has 0 aromatic carbocycles. The van der Waals surface area contributed by atoms with E-state index in [0.717, 1.165) is 11.0 Å². The van der Waals surface area contributed by atoms with Crippen LogP contribution in [-0.4, -0.2) is 36.7 Å². The zero-order valence-electron chi connectivity index (χ0n) is 12.9. The van der Waals surface area contributed by atoms with E-state index in [-0.39, 0.29) is 5.91 Å². The highest BCUT2D eigenvalue weighted by Gasteiger charge is 2.15. The van der Waals surface area contributed by atoms with Crippen molar-refractivity contribution in [1.82, 2.24) is 29.0 Å². The van der Waals surface area contributed by atoms with Crippen LogP contribution >= 0.6 is 30.3 Å². The van der Waals surface area contributed by atoms with Crippen molar-refractivity contribution in [2.45, 2.75) is 13.0 Å². The summed E-state index contributed by atoms with van der Waals surface area (Å²) in [5.41, 5.74) is 7.40. The molecule has 3 rings (SSSR count). The van der Waals surface area contributed by atoms with E-state index in [0.29, 0.717) is 17.5 Å². The van der Waals surface area contributed by atoms with Crippen molar-refractivity contribution >= 4 is 64.7 Å². The Hall–Kier alpha value is -2.02. The summed E-state index contributed by atoms with van der Waals surface area (Å²) >= 11 is 2.17. The number of hydrogen-bond donors (Lipinski definition) is 3. The predicted octanol–water partition coefficient (Wildman–Crippen LogP) is 2.11. The van der Waals surface area contributed by atoms with E-state index in [9.17, 15) is 4.79 Å². The van der Waals surface area contributed by atoms with Gasteiger partial charge in [0.1, 0.15) is 11.9 Å². The summed E-state index contributed by atoms with van der Waals surface area (Å²) < 4.78 is 3.46. The van der Waals surface area contributed by atoms with Crippen LogP contribution < -0.4 is 16.4 Å². The standard InChI is InChI=1S/C13H15IN8OS/c1-7(12(23)16-2)21-6-8(5-17-21)18-13-19-10(15)9-3-4-22(24-14)11(9)20-13/h3-7H,1-2H3,(H,16,23)(H3,15,18,19,20). The monoisotopic (exact) mass is 458 g/mol. The highest BCUT2D eigenvalue weighted by Crippen LogP contribution is 2.27. The van der Waals surface area contributed by atoms with E-state index in [1.165, 1.54) is 9.12 Å². The summed E-state index contributed by atoms with van der Waals surface area (Å²) in [5, 5.41) is 10.6. The minimum Gasteiger partial charge on any atom is -0.383 e. The number of nitrogens with zero attached hydrogens (tertiary/aromatic N) is 5. The molecule has 9 nitrogen and oxygen atoms in total. The normalized spacial score (nSPS) is 12.3. The Morgan fingerprint density at radius 2 is 2.25 bits per heavy atom. The Morgan fingerprint density at radius 3 is 2.96 bits per heavy atom. The highest BCUT2D eigenvalue weighted by molar-refractivity contribution is 14.2. The zero-order valence-corrected chi connectivity index (χ0v) is 15.9. The van der Waals surface area contributed by atoms with Gasteiger partial charge in [0.05, 0.1) is 17.3 Å². The molecule has 4 N–H and O–H groups in total. The first-order chi connectivity index (χ1) is 11.5. The van der Waals surface area contributed by atoms with E-state index < -0.39 is 6.04 Å². The van der Waals surface area contributed by atoms with Crippen LogP contribution in [0.25, 0.3) is 11.0 Å². The smallest absolute Gasteiger partial charge is 0.244 e. The molecule has 3 aromatic rings. The number of fused-ring (bicyclic) bond motifs is 1. The Labute approximate surface area is 154 Å². The summed E-state index contributed by atoms with van der Waals surface area (Å²) in [6, 6.07) is 1.47. The van der Waals surface area contributed by atoms with E-state index in [4.69, 9.17) is 5.73 Å². The second-order valence-corrected chi connectivity index (χ2v) is 6.72. The second-order valence-electron chi connectivity index (χ2n) is 5.00. The third kappa shape index (κ3) is 3.13. The molecular weight excluding hydrogens is 443 g/mol. The van der Waals surface area contributed by atoms with Crippen molar-refractivity contribution in [3.05, 3.63) is 24.7 Å². The summed E-state index contributed by atoms with van der Waals surface area (Å²) in [6.07, 6.45) is 5.21. The molecule has 126 valence electrons. The van der Waals surface area contributed by atoms with Gasteiger partial charge in [-0.15, -0.1) is 0 Å². The van der Waals surface area contributed by atoms with Crippen LogP contribution in [-0.2, 0) is 4.79 Å². The van der Waals surface area contributed by atoms with Crippen LogP contribution in [0.1, 0.15) is 13.0 Å². The number of halogens is 1. The number of nitrogens with one attached hydrogen (secondary N) is 2. The van der Waals surface area contributed by atoms with Gasteiger partial charge in [-0.25, -0.2) is 0 Å². The molecular formula is C13H15IN8OS. The van der Waals surface area contributed by atoms with Gasteiger partial charge in [-0.2, -0.15) is 15.1 Å². The number of rotatable bonds is 5. The number of nitrogens with two attached hydrogens (primary N) is 1. The van der Waals surface area contributed by atoms with Gasteiger partial charge < -0.3 is 16.4 Å². The molecule has 0 saturated heterocycles. The molecule has 0 spiro atoms. The fourth-order valence-corrected chi connectivity index (χ4v) is 3.46. The number of carbonyl (C=O) groups is 1. The molecule has 1 amide bonds. The Balaban J connectivity index is 1.87. The maximum absolute atomic E-state index is 11.7. The average Bonchev–Trinajstić information content (AvgIpc) is 3.20. The number of nitrogen functional groups attached to an aromatic ring is 1. The fraction of sp³-hybridized carbons (Fsp3) is 0.231. The van der Waals surface area contributed by atoms with Crippen molar-refractivity contribution in [3.63, 3.8) is 0 Å². The predicted molar refractivity (Wildman–Crippen MR) is 103 cm³/mol. The molecule has 0 aliphatic rings. The van der Waals surface area contributed by atoms with E-state index >= 15 is 0 Å². The Bertz CT molecular complexity index is 891. The highest BCUT2D eigenvalue weighted by atomic mass is 127. The molecule has 0 fully saturated rings. The number of aromatic nitrogens is 5. The second kappa shape index (κ2) is 6.84. The summed E-state index contributed by atoms with van der Waals surface area (Å²) in [6.45, 7) is 1.76. The van der Waals surface area contributed by atoms with Crippen molar-refractivity contribution in [3.8, 4) is 0 Å². The van der Waals surface area contributed by atoms with Crippen LogP contribution in [0.2, 0.25) is 0 Å². The van der Waals surface area contributed by atoms with Crippen LogP contribution in [0.3, 0.4) is 0 Å².